The molecular weight excluding hydrogens is 307 g/mol. The smallest absolute Gasteiger partial charge is 0.356 e. The van der Waals surface area contributed by atoms with E-state index in [1.165, 1.54) is 12.1 Å². The lowest BCUT2D eigenvalue weighted by Crippen LogP contribution is -2.03. The molecule has 1 aromatic heterocycles. The highest BCUT2D eigenvalue weighted by molar-refractivity contribution is 6.33. The molecule has 2 rings (SSSR count). The molecule has 0 aliphatic heterocycles. The molecular formula is C12H6ClFN2O5. The van der Waals surface area contributed by atoms with E-state index in [0.717, 1.165) is 18.2 Å². The fraction of sp³-hybridized carbons (Fsp3) is 0. The number of para-hydroxylation sites is 1. The number of nitro benzene ring substituents is 1. The van der Waals surface area contributed by atoms with Crippen LogP contribution in [-0.4, -0.2) is 21.0 Å². The summed E-state index contributed by atoms with van der Waals surface area (Å²) in [6, 6.07) is 5.52. The minimum absolute atomic E-state index is 0.141. The third-order valence-electron chi connectivity index (χ3n) is 2.37. The molecule has 1 aromatic carbocycles. The van der Waals surface area contributed by atoms with Crippen molar-refractivity contribution < 1.29 is 24.0 Å². The number of hydrogen-bond donors (Lipinski definition) is 1. The lowest BCUT2D eigenvalue weighted by Gasteiger charge is -2.07. The molecule has 1 heterocycles. The van der Waals surface area contributed by atoms with E-state index in [1.54, 1.807) is 0 Å². The van der Waals surface area contributed by atoms with Gasteiger partial charge in [0.1, 0.15) is 0 Å². The van der Waals surface area contributed by atoms with Gasteiger partial charge in [0.15, 0.2) is 11.5 Å². The van der Waals surface area contributed by atoms with Crippen molar-refractivity contribution in [1.29, 1.82) is 0 Å². The maximum Gasteiger partial charge on any atom is 0.356 e. The van der Waals surface area contributed by atoms with E-state index in [4.69, 9.17) is 21.4 Å². The van der Waals surface area contributed by atoms with Crippen molar-refractivity contribution in [2.45, 2.75) is 0 Å². The Kier molecular flexibility index (Phi) is 3.99. The van der Waals surface area contributed by atoms with Gasteiger partial charge in [-0.05, 0) is 12.1 Å². The zero-order chi connectivity index (χ0) is 15.6. The van der Waals surface area contributed by atoms with Crippen LogP contribution in [0.4, 0.5) is 10.1 Å². The first-order valence-electron chi connectivity index (χ1n) is 5.40. The standard InChI is InChI=1S/C12H6ClFN2O5/c13-6-4-5-9(15-10(6)12(17)18)21-11-7(14)2-1-3-8(11)16(19)20/h1-5H,(H,17,18). The maximum absolute atomic E-state index is 13.6. The van der Waals surface area contributed by atoms with Crippen LogP contribution in [0.15, 0.2) is 30.3 Å². The first-order chi connectivity index (χ1) is 9.90. The van der Waals surface area contributed by atoms with Gasteiger partial charge in [-0.25, -0.2) is 14.2 Å². The van der Waals surface area contributed by atoms with Crippen LogP contribution in [0.1, 0.15) is 10.5 Å². The number of aromatic carboxylic acids is 1. The molecule has 0 radical (unpaired) electrons. The number of carbonyl (C=O) groups is 1. The molecule has 0 aliphatic rings. The lowest BCUT2D eigenvalue weighted by molar-refractivity contribution is -0.385. The average molecular weight is 313 g/mol. The highest BCUT2D eigenvalue weighted by atomic mass is 35.5. The van der Waals surface area contributed by atoms with Gasteiger partial charge < -0.3 is 9.84 Å². The molecule has 0 saturated carbocycles. The number of hydrogen-bond acceptors (Lipinski definition) is 5. The number of ether oxygens (including phenoxy) is 1. The number of rotatable bonds is 4. The average Bonchev–Trinajstić information content (AvgIpc) is 2.42. The van der Waals surface area contributed by atoms with Gasteiger partial charge in [0.2, 0.25) is 11.6 Å². The van der Waals surface area contributed by atoms with Crippen molar-refractivity contribution >= 4 is 23.3 Å². The zero-order valence-electron chi connectivity index (χ0n) is 10.1. The van der Waals surface area contributed by atoms with Crippen LogP contribution in [0.25, 0.3) is 0 Å². The number of benzene rings is 1. The third-order valence-corrected chi connectivity index (χ3v) is 2.68. The SMILES string of the molecule is O=C(O)c1nc(Oc2c(F)cccc2[N+](=O)[O-])ccc1Cl. The third kappa shape index (κ3) is 3.06. The van der Waals surface area contributed by atoms with Crippen molar-refractivity contribution in [3.8, 4) is 11.6 Å². The molecule has 7 nitrogen and oxygen atoms in total. The highest BCUT2D eigenvalue weighted by Gasteiger charge is 2.21. The van der Waals surface area contributed by atoms with Gasteiger partial charge in [-0.3, -0.25) is 10.1 Å². The van der Waals surface area contributed by atoms with E-state index in [1.807, 2.05) is 0 Å². The topological polar surface area (TPSA) is 103 Å². The van der Waals surface area contributed by atoms with E-state index in [0.29, 0.717) is 0 Å². The fourth-order valence-electron chi connectivity index (χ4n) is 1.48. The lowest BCUT2D eigenvalue weighted by atomic mass is 10.3. The molecule has 108 valence electrons. The Balaban J connectivity index is 2.46. The van der Waals surface area contributed by atoms with Gasteiger partial charge in [0.25, 0.3) is 0 Å². The van der Waals surface area contributed by atoms with Gasteiger partial charge in [-0.15, -0.1) is 0 Å². The van der Waals surface area contributed by atoms with E-state index in [9.17, 15) is 19.3 Å². The highest BCUT2D eigenvalue weighted by Crippen LogP contribution is 2.33. The Morgan fingerprint density at radius 3 is 2.71 bits per heavy atom. The van der Waals surface area contributed by atoms with Crippen LogP contribution in [0.2, 0.25) is 5.02 Å². The first-order valence-corrected chi connectivity index (χ1v) is 5.78. The molecule has 0 aliphatic carbocycles. The largest absolute Gasteiger partial charge is 0.476 e. The number of nitro groups is 1. The number of aromatic nitrogens is 1. The van der Waals surface area contributed by atoms with Crippen LogP contribution in [0.3, 0.4) is 0 Å². The predicted molar refractivity (Wildman–Crippen MR) is 69.3 cm³/mol. The second-order valence-corrected chi connectivity index (χ2v) is 4.14. The predicted octanol–water partition coefficient (Wildman–Crippen LogP) is 3.27. The number of carboxylic acid groups (broad SMARTS) is 1. The summed E-state index contributed by atoms with van der Waals surface area (Å²) in [7, 11) is 0. The monoisotopic (exact) mass is 312 g/mol. The summed E-state index contributed by atoms with van der Waals surface area (Å²) in [4.78, 5) is 24.4. The number of pyridine rings is 1. The summed E-state index contributed by atoms with van der Waals surface area (Å²) >= 11 is 5.63. The van der Waals surface area contributed by atoms with E-state index in [-0.39, 0.29) is 10.9 Å². The molecule has 0 fully saturated rings. The van der Waals surface area contributed by atoms with Crippen molar-refractivity contribution in [2.75, 3.05) is 0 Å². The molecule has 21 heavy (non-hydrogen) atoms. The van der Waals surface area contributed by atoms with Crippen molar-refractivity contribution in [2.24, 2.45) is 0 Å². The summed E-state index contributed by atoms with van der Waals surface area (Å²) in [6.07, 6.45) is 0. The van der Waals surface area contributed by atoms with Crippen LogP contribution >= 0.6 is 11.6 Å². The molecule has 0 unspecified atom stereocenters. The molecule has 1 N–H and O–H groups in total. The summed E-state index contributed by atoms with van der Waals surface area (Å²) in [6.45, 7) is 0. The van der Waals surface area contributed by atoms with Gasteiger partial charge in [-0.2, -0.15) is 0 Å². The van der Waals surface area contributed by atoms with E-state index >= 15 is 0 Å². The minimum atomic E-state index is -1.41. The van der Waals surface area contributed by atoms with Crippen LogP contribution in [0.5, 0.6) is 11.6 Å². The first kappa shape index (κ1) is 14.7. The van der Waals surface area contributed by atoms with Crippen LogP contribution in [-0.2, 0) is 0 Å². The summed E-state index contributed by atoms with van der Waals surface area (Å²) in [5.74, 6) is -3.37. The number of nitrogens with zero attached hydrogens (tertiary/aromatic N) is 2. The van der Waals surface area contributed by atoms with E-state index < -0.39 is 33.8 Å². The Labute approximate surface area is 121 Å². The van der Waals surface area contributed by atoms with Crippen LogP contribution in [0, 0.1) is 15.9 Å². The summed E-state index contributed by atoms with van der Waals surface area (Å²) in [5.41, 5.74) is -1.11. The van der Waals surface area contributed by atoms with Crippen molar-refractivity contribution in [3.05, 3.63) is 57.0 Å². The molecule has 0 saturated heterocycles. The molecule has 0 bridgehead atoms. The Morgan fingerprint density at radius 1 is 1.38 bits per heavy atom. The molecule has 0 amide bonds. The Bertz CT molecular complexity index is 738. The molecule has 9 heteroatoms. The summed E-state index contributed by atoms with van der Waals surface area (Å²) in [5, 5.41) is 19.5. The van der Waals surface area contributed by atoms with Gasteiger partial charge >= 0.3 is 11.7 Å². The Morgan fingerprint density at radius 2 is 2.10 bits per heavy atom. The Hall–Kier alpha value is -2.74. The van der Waals surface area contributed by atoms with Crippen molar-refractivity contribution in [3.63, 3.8) is 0 Å². The normalized spacial score (nSPS) is 10.2. The maximum atomic E-state index is 13.6. The van der Waals surface area contributed by atoms with Gasteiger partial charge in [0.05, 0.1) is 9.95 Å². The van der Waals surface area contributed by atoms with E-state index in [2.05, 4.69) is 4.98 Å². The minimum Gasteiger partial charge on any atom is -0.476 e. The zero-order valence-corrected chi connectivity index (χ0v) is 10.9. The second-order valence-electron chi connectivity index (χ2n) is 3.73. The van der Waals surface area contributed by atoms with Crippen LogP contribution < -0.4 is 4.74 Å². The van der Waals surface area contributed by atoms with Gasteiger partial charge in [0, 0.05) is 12.1 Å². The second kappa shape index (κ2) is 5.71. The van der Waals surface area contributed by atoms with Crippen molar-refractivity contribution in [1.82, 2.24) is 4.98 Å². The molecule has 0 spiro atoms. The van der Waals surface area contributed by atoms with Gasteiger partial charge in [-0.1, -0.05) is 17.7 Å². The fourth-order valence-corrected chi connectivity index (χ4v) is 1.66. The quantitative estimate of drug-likeness (QED) is 0.686. The number of carboxylic acids is 1. The number of halogens is 2. The molecule has 0 atom stereocenters. The molecule has 2 aromatic rings. The summed E-state index contributed by atoms with van der Waals surface area (Å²) < 4.78 is 18.6.